The molecule has 20 heavy (non-hydrogen) atoms. The van der Waals surface area contributed by atoms with Crippen molar-refractivity contribution in [1.29, 1.82) is 5.26 Å². The highest BCUT2D eigenvalue weighted by Crippen LogP contribution is 2.31. The first-order chi connectivity index (χ1) is 9.67. The Morgan fingerprint density at radius 1 is 1.00 bits per heavy atom. The average Bonchev–Trinajstić information content (AvgIpc) is 2.47. The van der Waals surface area contributed by atoms with Gasteiger partial charge in [-0.05, 0) is 30.3 Å². The van der Waals surface area contributed by atoms with Crippen molar-refractivity contribution in [3.05, 3.63) is 47.0 Å². The summed E-state index contributed by atoms with van der Waals surface area (Å²) >= 11 is 5.99. The SMILES string of the molecule is COc1ccc(Nc2ccc(C#N)c(Cl)c2)cc1OC. The van der Waals surface area contributed by atoms with Gasteiger partial charge in [0.25, 0.3) is 0 Å². The summed E-state index contributed by atoms with van der Waals surface area (Å²) < 4.78 is 10.4. The molecule has 1 N–H and O–H groups in total. The zero-order valence-electron chi connectivity index (χ0n) is 11.1. The maximum atomic E-state index is 8.84. The lowest BCUT2D eigenvalue weighted by atomic mass is 10.2. The predicted molar refractivity (Wildman–Crippen MR) is 79.0 cm³/mol. The number of nitriles is 1. The molecule has 0 saturated carbocycles. The smallest absolute Gasteiger partial charge is 0.162 e. The van der Waals surface area contributed by atoms with Gasteiger partial charge in [-0.1, -0.05) is 11.6 Å². The zero-order valence-corrected chi connectivity index (χ0v) is 11.9. The van der Waals surface area contributed by atoms with Gasteiger partial charge in [-0.25, -0.2) is 0 Å². The monoisotopic (exact) mass is 288 g/mol. The Morgan fingerprint density at radius 2 is 1.65 bits per heavy atom. The maximum Gasteiger partial charge on any atom is 0.162 e. The number of hydrogen-bond acceptors (Lipinski definition) is 4. The van der Waals surface area contributed by atoms with Crippen LogP contribution in [0.3, 0.4) is 0 Å². The summed E-state index contributed by atoms with van der Waals surface area (Å²) in [6.45, 7) is 0. The van der Waals surface area contributed by atoms with Crippen molar-refractivity contribution in [2.75, 3.05) is 19.5 Å². The van der Waals surface area contributed by atoms with Crippen LogP contribution in [0.5, 0.6) is 11.5 Å². The fraction of sp³-hybridized carbons (Fsp3) is 0.133. The molecule has 2 rings (SSSR count). The number of nitrogens with one attached hydrogen (secondary N) is 1. The Balaban J connectivity index is 2.26. The molecule has 0 amide bonds. The number of halogens is 1. The highest BCUT2D eigenvalue weighted by Gasteiger charge is 2.06. The van der Waals surface area contributed by atoms with E-state index in [1.54, 1.807) is 32.4 Å². The molecule has 0 spiro atoms. The Bertz CT molecular complexity index is 665. The number of benzene rings is 2. The fourth-order valence-corrected chi connectivity index (χ4v) is 1.99. The van der Waals surface area contributed by atoms with Crippen LogP contribution in [-0.4, -0.2) is 14.2 Å². The molecule has 0 atom stereocenters. The molecule has 0 radical (unpaired) electrons. The van der Waals surface area contributed by atoms with Gasteiger partial charge in [0, 0.05) is 17.4 Å². The van der Waals surface area contributed by atoms with E-state index >= 15 is 0 Å². The molecule has 4 nitrogen and oxygen atoms in total. The van der Waals surface area contributed by atoms with Gasteiger partial charge in [0.15, 0.2) is 11.5 Å². The van der Waals surface area contributed by atoms with Crippen molar-refractivity contribution in [2.24, 2.45) is 0 Å². The van der Waals surface area contributed by atoms with Gasteiger partial charge < -0.3 is 14.8 Å². The molecule has 0 saturated heterocycles. The van der Waals surface area contributed by atoms with Gasteiger partial charge in [0.05, 0.1) is 24.8 Å². The number of methoxy groups -OCH3 is 2. The van der Waals surface area contributed by atoms with Crippen LogP contribution in [0.15, 0.2) is 36.4 Å². The lowest BCUT2D eigenvalue weighted by Crippen LogP contribution is -1.94. The van der Waals surface area contributed by atoms with E-state index in [4.69, 9.17) is 26.3 Å². The van der Waals surface area contributed by atoms with Gasteiger partial charge in [0.1, 0.15) is 6.07 Å². The second-order valence-electron chi connectivity index (χ2n) is 4.00. The summed E-state index contributed by atoms with van der Waals surface area (Å²) in [7, 11) is 3.17. The maximum absolute atomic E-state index is 8.84. The molecule has 0 bridgehead atoms. The second-order valence-corrected chi connectivity index (χ2v) is 4.41. The van der Waals surface area contributed by atoms with E-state index in [1.807, 2.05) is 24.3 Å². The molecule has 2 aromatic rings. The largest absolute Gasteiger partial charge is 0.493 e. The number of nitrogens with zero attached hydrogens (tertiary/aromatic N) is 1. The Morgan fingerprint density at radius 3 is 2.25 bits per heavy atom. The van der Waals surface area contributed by atoms with Gasteiger partial charge in [-0.3, -0.25) is 0 Å². The van der Waals surface area contributed by atoms with Crippen molar-refractivity contribution < 1.29 is 9.47 Å². The lowest BCUT2D eigenvalue weighted by Gasteiger charge is -2.11. The van der Waals surface area contributed by atoms with E-state index in [-0.39, 0.29) is 0 Å². The van der Waals surface area contributed by atoms with E-state index in [0.29, 0.717) is 22.1 Å². The molecule has 0 aliphatic carbocycles. The third kappa shape index (κ3) is 2.95. The quantitative estimate of drug-likeness (QED) is 0.925. The molecule has 0 aromatic heterocycles. The van der Waals surface area contributed by atoms with Crippen molar-refractivity contribution in [1.82, 2.24) is 0 Å². The highest BCUT2D eigenvalue weighted by molar-refractivity contribution is 6.32. The van der Waals surface area contributed by atoms with Crippen LogP contribution < -0.4 is 14.8 Å². The Labute approximate surface area is 122 Å². The van der Waals surface area contributed by atoms with Crippen LogP contribution in [-0.2, 0) is 0 Å². The molecule has 102 valence electrons. The Hall–Kier alpha value is -2.38. The van der Waals surface area contributed by atoms with Crippen molar-refractivity contribution in [3.63, 3.8) is 0 Å². The minimum absolute atomic E-state index is 0.415. The minimum atomic E-state index is 0.415. The summed E-state index contributed by atoms with van der Waals surface area (Å²) in [6.07, 6.45) is 0. The summed E-state index contributed by atoms with van der Waals surface area (Å²) in [6, 6.07) is 12.7. The van der Waals surface area contributed by atoms with Gasteiger partial charge in [-0.15, -0.1) is 0 Å². The van der Waals surface area contributed by atoms with E-state index in [0.717, 1.165) is 11.4 Å². The molecular weight excluding hydrogens is 276 g/mol. The number of ether oxygens (including phenoxy) is 2. The second kappa shape index (κ2) is 6.18. The molecular formula is C15H13ClN2O2. The Kier molecular flexibility index (Phi) is 4.34. The molecule has 0 fully saturated rings. The summed E-state index contributed by atoms with van der Waals surface area (Å²) in [5.74, 6) is 1.30. The van der Waals surface area contributed by atoms with Crippen molar-refractivity contribution in [3.8, 4) is 17.6 Å². The third-order valence-corrected chi connectivity index (χ3v) is 3.07. The first-order valence-electron chi connectivity index (χ1n) is 5.86. The lowest BCUT2D eigenvalue weighted by molar-refractivity contribution is 0.355. The third-order valence-electron chi connectivity index (χ3n) is 2.76. The standard InChI is InChI=1S/C15H13ClN2O2/c1-19-14-6-5-12(8-15(14)20-2)18-11-4-3-10(9-17)13(16)7-11/h3-8,18H,1-2H3. The normalized spacial score (nSPS) is 9.70. The van der Waals surface area contributed by atoms with E-state index in [9.17, 15) is 0 Å². The van der Waals surface area contributed by atoms with E-state index in [2.05, 4.69) is 5.32 Å². The van der Waals surface area contributed by atoms with Crippen molar-refractivity contribution >= 4 is 23.0 Å². The first-order valence-corrected chi connectivity index (χ1v) is 6.24. The summed E-state index contributed by atoms with van der Waals surface area (Å²) in [5.41, 5.74) is 2.08. The number of rotatable bonds is 4. The molecule has 2 aromatic carbocycles. The molecule has 0 heterocycles. The van der Waals surface area contributed by atoms with E-state index < -0.39 is 0 Å². The average molecular weight is 289 g/mol. The van der Waals surface area contributed by atoms with Crippen LogP contribution in [0.1, 0.15) is 5.56 Å². The number of hydrogen-bond donors (Lipinski definition) is 1. The fourth-order valence-electron chi connectivity index (χ4n) is 1.76. The van der Waals surface area contributed by atoms with Crippen LogP contribution >= 0.6 is 11.6 Å². The van der Waals surface area contributed by atoms with Gasteiger partial charge in [-0.2, -0.15) is 5.26 Å². The van der Waals surface area contributed by atoms with Crippen LogP contribution in [0.25, 0.3) is 0 Å². The minimum Gasteiger partial charge on any atom is -0.493 e. The summed E-state index contributed by atoms with van der Waals surface area (Å²) in [5, 5.41) is 12.4. The summed E-state index contributed by atoms with van der Waals surface area (Å²) in [4.78, 5) is 0. The predicted octanol–water partition coefficient (Wildman–Crippen LogP) is 3.97. The molecule has 5 heteroatoms. The van der Waals surface area contributed by atoms with Crippen LogP contribution in [0, 0.1) is 11.3 Å². The molecule has 0 aliphatic heterocycles. The van der Waals surface area contributed by atoms with Gasteiger partial charge in [0.2, 0.25) is 0 Å². The van der Waals surface area contributed by atoms with Crippen molar-refractivity contribution in [2.45, 2.75) is 0 Å². The number of anilines is 2. The van der Waals surface area contributed by atoms with E-state index in [1.165, 1.54) is 0 Å². The topological polar surface area (TPSA) is 54.3 Å². The first kappa shape index (κ1) is 14.0. The molecule has 0 aliphatic rings. The molecule has 0 unspecified atom stereocenters. The zero-order chi connectivity index (χ0) is 14.5. The van der Waals surface area contributed by atoms with Gasteiger partial charge >= 0.3 is 0 Å². The van der Waals surface area contributed by atoms with Crippen LogP contribution in [0.4, 0.5) is 11.4 Å². The highest BCUT2D eigenvalue weighted by atomic mass is 35.5. The van der Waals surface area contributed by atoms with Crippen LogP contribution in [0.2, 0.25) is 5.02 Å².